The highest BCUT2D eigenvalue weighted by Gasteiger charge is 2.69. The van der Waals surface area contributed by atoms with Crippen molar-refractivity contribution in [2.45, 2.75) is 111 Å². The Morgan fingerprint density at radius 3 is 2.55 bits per heavy atom. The number of fused-ring (bicyclic) bond motifs is 7. The zero-order valence-corrected chi connectivity index (χ0v) is 25.8. The quantitative estimate of drug-likeness (QED) is 0.385. The molecule has 4 nitrogen and oxygen atoms in total. The third-order valence-corrected chi connectivity index (χ3v) is 14.3. The van der Waals surface area contributed by atoms with E-state index in [1.165, 1.54) is 44.9 Å². The van der Waals surface area contributed by atoms with Crippen molar-refractivity contribution < 1.29 is 9.90 Å². The summed E-state index contributed by atoms with van der Waals surface area (Å²) in [4.78, 5) is 18.2. The van der Waals surface area contributed by atoms with Gasteiger partial charge in [-0.05, 0) is 154 Å². The summed E-state index contributed by atoms with van der Waals surface area (Å²) in [5, 5.41) is 14.9. The number of nitrogens with one attached hydrogen (secondary N) is 1. The highest BCUT2D eigenvalue weighted by atomic mass is 16.3. The van der Waals surface area contributed by atoms with Crippen molar-refractivity contribution in [3.8, 4) is 0 Å². The maximum absolute atomic E-state index is 14.0. The lowest BCUT2D eigenvalue weighted by Gasteiger charge is -2.72. The highest BCUT2D eigenvalue weighted by Crippen LogP contribution is 2.75. The van der Waals surface area contributed by atoms with Gasteiger partial charge in [0.2, 0.25) is 0 Å². The Hall–Kier alpha value is -1.52. The monoisotopic (exact) mass is 546 g/mol. The summed E-state index contributed by atoms with van der Waals surface area (Å²) in [6.07, 6.45) is 20.5. The largest absolute Gasteiger partial charge is 0.396 e. The fraction of sp³-hybridized carbons (Fsp3) is 0.778. The molecule has 1 aromatic rings. The fourth-order valence-electron chi connectivity index (χ4n) is 12.2. The molecule has 220 valence electrons. The van der Waals surface area contributed by atoms with E-state index in [1.807, 2.05) is 30.5 Å². The number of carbonyl (C=O) groups excluding carboxylic acids is 1. The third kappa shape index (κ3) is 4.13. The van der Waals surface area contributed by atoms with E-state index >= 15 is 0 Å². The molecule has 4 saturated carbocycles. The van der Waals surface area contributed by atoms with Gasteiger partial charge in [0, 0.05) is 30.5 Å². The van der Waals surface area contributed by atoms with Crippen LogP contribution < -0.4 is 5.32 Å². The van der Waals surface area contributed by atoms with Crippen LogP contribution >= 0.6 is 0 Å². The Kier molecular flexibility index (Phi) is 7.18. The number of carbonyl (C=O) groups is 1. The van der Waals surface area contributed by atoms with Crippen LogP contribution in [0, 0.1) is 51.2 Å². The van der Waals surface area contributed by atoms with Gasteiger partial charge in [0.25, 0.3) is 0 Å². The van der Waals surface area contributed by atoms with Crippen LogP contribution in [0.2, 0.25) is 0 Å². The molecule has 0 amide bonds. The van der Waals surface area contributed by atoms with Crippen LogP contribution in [0.25, 0.3) is 6.08 Å². The molecule has 2 N–H and O–H groups in total. The molecule has 0 bridgehead atoms. The normalized spacial score (nSPS) is 46.4. The van der Waals surface area contributed by atoms with Crippen LogP contribution in [0.15, 0.2) is 30.6 Å². The van der Waals surface area contributed by atoms with Crippen LogP contribution in [-0.4, -0.2) is 34.6 Å². The Labute approximate surface area is 243 Å². The molecule has 9 atom stereocenters. The molecule has 1 aromatic heterocycles. The van der Waals surface area contributed by atoms with Crippen LogP contribution in [0.1, 0.15) is 111 Å². The van der Waals surface area contributed by atoms with Gasteiger partial charge in [-0.3, -0.25) is 9.78 Å². The van der Waals surface area contributed by atoms with Crippen LogP contribution in [0.4, 0.5) is 0 Å². The summed E-state index contributed by atoms with van der Waals surface area (Å²) in [5.74, 6) is 2.52. The molecule has 2 heterocycles. The van der Waals surface area contributed by atoms with E-state index < -0.39 is 0 Å². The van der Waals surface area contributed by atoms with Crippen molar-refractivity contribution in [3.05, 3.63) is 36.2 Å². The Balaban J connectivity index is 1.36. The first-order valence-electron chi connectivity index (χ1n) is 16.5. The van der Waals surface area contributed by atoms with Gasteiger partial charge in [-0.2, -0.15) is 0 Å². The van der Waals surface area contributed by atoms with Crippen LogP contribution in [-0.2, 0) is 4.79 Å². The number of pyridine rings is 1. The zero-order chi connectivity index (χ0) is 28.4. The van der Waals surface area contributed by atoms with E-state index in [9.17, 15) is 9.90 Å². The lowest BCUT2D eigenvalue weighted by atomic mass is 9.32. The molecule has 1 aliphatic heterocycles. The minimum atomic E-state index is -0.0938. The first-order valence-corrected chi connectivity index (χ1v) is 16.5. The van der Waals surface area contributed by atoms with E-state index in [0.29, 0.717) is 17.3 Å². The SMILES string of the molecule is CC1(C)NCCC[C@]2(C)[C@H]3CC[C@H]4[C@H]5[C@H](C(=O)/C=C/c6cccnc6)CCC[C@]5(CO)CC[C@@]4(C)[C@]3(C)CC[C@@H]12. The second-order valence-corrected chi connectivity index (χ2v) is 16.0. The molecule has 4 aliphatic carbocycles. The number of hydrogen-bond donors (Lipinski definition) is 2. The summed E-state index contributed by atoms with van der Waals surface area (Å²) in [6, 6.07) is 3.94. The number of ketones is 1. The van der Waals surface area contributed by atoms with E-state index in [-0.39, 0.29) is 46.0 Å². The molecule has 5 fully saturated rings. The summed E-state index contributed by atoms with van der Waals surface area (Å²) in [5.41, 5.74) is 1.91. The van der Waals surface area contributed by atoms with Gasteiger partial charge in [0.1, 0.15) is 0 Å². The van der Waals surface area contributed by atoms with Crippen LogP contribution in [0.5, 0.6) is 0 Å². The zero-order valence-electron chi connectivity index (χ0n) is 25.8. The predicted octanol–water partition coefficient (Wildman–Crippen LogP) is 7.47. The predicted molar refractivity (Wildman–Crippen MR) is 162 cm³/mol. The second-order valence-electron chi connectivity index (χ2n) is 16.0. The van der Waals surface area contributed by atoms with Gasteiger partial charge >= 0.3 is 0 Å². The minimum absolute atomic E-state index is 0.0199. The first-order chi connectivity index (χ1) is 19.0. The molecule has 0 spiro atoms. The maximum Gasteiger partial charge on any atom is 0.159 e. The number of allylic oxidation sites excluding steroid dienone is 1. The van der Waals surface area contributed by atoms with Crippen molar-refractivity contribution in [1.29, 1.82) is 0 Å². The van der Waals surface area contributed by atoms with Crippen molar-refractivity contribution in [1.82, 2.24) is 10.3 Å². The lowest BCUT2D eigenvalue weighted by molar-refractivity contribution is -0.239. The number of nitrogens with zero attached hydrogens (tertiary/aromatic N) is 1. The Bertz CT molecular complexity index is 1130. The summed E-state index contributed by atoms with van der Waals surface area (Å²) in [6.45, 7) is 14.3. The van der Waals surface area contributed by atoms with Crippen molar-refractivity contribution in [2.24, 2.45) is 51.2 Å². The third-order valence-electron chi connectivity index (χ3n) is 14.3. The smallest absolute Gasteiger partial charge is 0.159 e. The topological polar surface area (TPSA) is 62.2 Å². The van der Waals surface area contributed by atoms with Gasteiger partial charge in [0.15, 0.2) is 5.78 Å². The highest BCUT2D eigenvalue weighted by molar-refractivity contribution is 5.95. The molecular weight excluding hydrogens is 492 g/mol. The molecule has 6 rings (SSSR count). The van der Waals surface area contributed by atoms with Gasteiger partial charge in [-0.1, -0.05) is 33.3 Å². The van der Waals surface area contributed by atoms with Gasteiger partial charge in [-0.15, -0.1) is 0 Å². The lowest BCUT2D eigenvalue weighted by Crippen LogP contribution is -2.67. The molecule has 4 heteroatoms. The average Bonchev–Trinajstić information content (AvgIpc) is 3.06. The van der Waals surface area contributed by atoms with E-state index in [1.54, 1.807) is 6.20 Å². The molecule has 0 radical (unpaired) electrons. The molecule has 5 aliphatic rings. The Morgan fingerprint density at radius 1 is 0.975 bits per heavy atom. The summed E-state index contributed by atoms with van der Waals surface area (Å²) < 4.78 is 0. The molecule has 40 heavy (non-hydrogen) atoms. The summed E-state index contributed by atoms with van der Waals surface area (Å²) >= 11 is 0. The Morgan fingerprint density at radius 2 is 1.80 bits per heavy atom. The standard InChI is InChI=1S/C36H54N2O2/c1-32(2)29-15-18-35(5)30(33(29,3)16-8-22-38-32)14-12-27-31-26(28(40)13-11-25-9-7-21-37-23-25)10-6-17-36(31,24-39)20-19-34(27,35)4/h7,9,11,13,21,23,26-27,29-31,38-39H,6,8,10,12,14-20,22,24H2,1-5H3/b13-11+/t26-,27-,29-,30+,31+,33-,34+,35+,36+/m0/s1. The maximum atomic E-state index is 14.0. The molecule has 0 unspecified atom stereocenters. The van der Waals surface area contributed by atoms with Gasteiger partial charge in [-0.25, -0.2) is 0 Å². The average molecular weight is 547 g/mol. The van der Waals surface area contributed by atoms with E-state index in [4.69, 9.17) is 0 Å². The van der Waals surface area contributed by atoms with E-state index in [0.717, 1.165) is 43.7 Å². The number of rotatable bonds is 4. The first kappa shape index (κ1) is 28.6. The number of aliphatic hydroxyl groups excluding tert-OH is 1. The van der Waals surface area contributed by atoms with Gasteiger partial charge in [0.05, 0.1) is 0 Å². The van der Waals surface area contributed by atoms with Crippen molar-refractivity contribution in [2.75, 3.05) is 13.2 Å². The number of aliphatic hydroxyl groups is 1. The number of hydrogen-bond acceptors (Lipinski definition) is 4. The van der Waals surface area contributed by atoms with E-state index in [2.05, 4.69) is 44.9 Å². The molecule has 0 aromatic carbocycles. The molecular formula is C36H54N2O2. The molecule has 1 saturated heterocycles. The van der Waals surface area contributed by atoms with Crippen molar-refractivity contribution >= 4 is 11.9 Å². The number of aromatic nitrogens is 1. The van der Waals surface area contributed by atoms with Crippen LogP contribution in [0.3, 0.4) is 0 Å². The minimum Gasteiger partial charge on any atom is -0.396 e. The van der Waals surface area contributed by atoms with Gasteiger partial charge < -0.3 is 10.4 Å². The van der Waals surface area contributed by atoms with Crippen molar-refractivity contribution in [3.63, 3.8) is 0 Å². The summed E-state index contributed by atoms with van der Waals surface area (Å²) in [7, 11) is 0. The fourth-order valence-corrected chi connectivity index (χ4v) is 12.2. The second kappa shape index (κ2) is 10.0.